The van der Waals surface area contributed by atoms with Gasteiger partial charge < -0.3 is 14.6 Å². The van der Waals surface area contributed by atoms with Gasteiger partial charge in [0, 0.05) is 5.69 Å². The molecule has 180 valence electrons. The van der Waals surface area contributed by atoms with Crippen molar-refractivity contribution in [2.75, 3.05) is 18.6 Å². The van der Waals surface area contributed by atoms with Crippen LogP contribution in [0.4, 0.5) is 5.69 Å². The number of ether oxygens (including phenoxy) is 2. The summed E-state index contributed by atoms with van der Waals surface area (Å²) < 4.78 is 11.2. The first-order valence-corrected chi connectivity index (χ1v) is 11.6. The van der Waals surface area contributed by atoms with Gasteiger partial charge in [0.05, 0.1) is 30.9 Å². The molecule has 1 aliphatic heterocycles. The fraction of sp³-hybridized carbons (Fsp3) is 0.241. The second-order valence-corrected chi connectivity index (χ2v) is 8.98. The van der Waals surface area contributed by atoms with Gasteiger partial charge in [-0.3, -0.25) is 14.5 Å². The van der Waals surface area contributed by atoms with Gasteiger partial charge in [-0.15, -0.1) is 0 Å². The van der Waals surface area contributed by atoms with E-state index in [9.17, 15) is 14.7 Å². The molecule has 1 atom stereocenters. The molecule has 0 saturated carbocycles. The van der Waals surface area contributed by atoms with Crippen LogP contribution in [0.15, 0.2) is 78.4 Å². The zero-order valence-corrected chi connectivity index (χ0v) is 20.3. The summed E-state index contributed by atoms with van der Waals surface area (Å²) in [5.41, 5.74) is 2.60. The number of benzene rings is 3. The molecule has 35 heavy (non-hydrogen) atoms. The molecule has 0 aromatic heterocycles. The molecule has 1 fully saturated rings. The number of aliphatic hydroxyl groups is 1. The molecule has 0 aliphatic carbocycles. The van der Waals surface area contributed by atoms with Crippen LogP contribution in [-0.4, -0.2) is 30.5 Å². The van der Waals surface area contributed by atoms with Gasteiger partial charge in [-0.25, -0.2) is 0 Å². The zero-order valence-electron chi connectivity index (χ0n) is 20.3. The number of aliphatic hydroxyl groups excluding tert-OH is 1. The molecule has 3 aromatic rings. The van der Waals surface area contributed by atoms with Crippen molar-refractivity contribution in [2.45, 2.75) is 26.8 Å². The maximum Gasteiger partial charge on any atom is 0.300 e. The maximum atomic E-state index is 13.3. The van der Waals surface area contributed by atoms with Crippen LogP contribution < -0.4 is 14.4 Å². The smallest absolute Gasteiger partial charge is 0.300 e. The van der Waals surface area contributed by atoms with E-state index in [1.54, 1.807) is 48.5 Å². The summed E-state index contributed by atoms with van der Waals surface area (Å²) in [6.45, 7) is 6.65. The van der Waals surface area contributed by atoms with E-state index in [4.69, 9.17) is 9.47 Å². The van der Waals surface area contributed by atoms with E-state index in [0.717, 1.165) is 11.1 Å². The minimum Gasteiger partial charge on any atom is -0.507 e. The molecule has 6 heteroatoms. The topological polar surface area (TPSA) is 76.1 Å². The normalized spacial score (nSPS) is 17.2. The van der Waals surface area contributed by atoms with Gasteiger partial charge in [0.1, 0.15) is 17.3 Å². The van der Waals surface area contributed by atoms with E-state index in [1.165, 1.54) is 12.0 Å². The van der Waals surface area contributed by atoms with Crippen LogP contribution in [0.5, 0.6) is 11.5 Å². The predicted molar refractivity (Wildman–Crippen MR) is 136 cm³/mol. The van der Waals surface area contributed by atoms with Crippen LogP contribution in [0, 0.1) is 12.8 Å². The molecule has 6 nitrogen and oxygen atoms in total. The van der Waals surface area contributed by atoms with E-state index < -0.39 is 17.7 Å². The zero-order chi connectivity index (χ0) is 25.1. The van der Waals surface area contributed by atoms with Crippen LogP contribution >= 0.6 is 0 Å². The largest absolute Gasteiger partial charge is 0.507 e. The standard InChI is InChI=1S/C29H29NO5/c1-18(2)17-35-22-14-12-21(13-15-22)30-26(20-9-7-8-19(3)16-20)25(28(32)29(30)33)27(31)23-10-5-6-11-24(23)34-4/h5-16,18,26,31H,17H2,1-4H3/b27-25-. The summed E-state index contributed by atoms with van der Waals surface area (Å²) in [7, 11) is 1.49. The third kappa shape index (κ3) is 4.78. The number of hydrogen-bond acceptors (Lipinski definition) is 5. The molecule has 0 bridgehead atoms. The number of aryl methyl sites for hydroxylation is 1. The van der Waals surface area contributed by atoms with Gasteiger partial charge in [-0.05, 0) is 54.8 Å². The van der Waals surface area contributed by atoms with Crippen molar-refractivity contribution < 1.29 is 24.2 Å². The summed E-state index contributed by atoms with van der Waals surface area (Å²) in [6.07, 6.45) is 0. The van der Waals surface area contributed by atoms with Crippen LogP contribution in [0.1, 0.15) is 36.6 Å². The quantitative estimate of drug-likeness (QED) is 0.273. The summed E-state index contributed by atoms with van der Waals surface area (Å²) in [4.78, 5) is 28.1. The fourth-order valence-corrected chi connectivity index (χ4v) is 4.21. The molecule has 1 aliphatic rings. The molecule has 0 radical (unpaired) electrons. The Hall–Kier alpha value is -4.06. The average molecular weight is 472 g/mol. The first kappa shape index (κ1) is 24.1. The Balaban J connectivity index is 1.85. The minimum atomic E-state index is -0.803. The van der Waals surface area contributed by atoms with Gasteiger partial charge in [0.25, 0.3) is 11.7 Å². The Labute approximate surface area is 205 Å². The lowest BCUT2D eigenvalue weighted by Gasteiger charge is -2.26. The summed E-state index contributed by atoms with van der Waals surface area (Å²) in [6, 6.07) is 20.7. The van der Waals surface area contributed by atoms with Crippen molar-refractivity contribution in [3.8, 4) is 11.5 Å². The molecule has 1 N–H and O–H groups in total. The maximum absolute atomic E-state index is 13.3. The Morgan fingerprint density at radius 3 is 2.37 bits per heavy atom. The molecule has 3 aromatic carbocycles. The lowest BCUT2D eigenvalue weighted by Crippen LogP contribution is -2.29. The number of amides is 1. The molecule has 1 unspecified atom stereocenters. The molecular formula is C29H29NO5. The first-order valence-electron chi connectivity index (χ1n) is 11.6. The van der Waals surface area contributed by atoms with E-state index in [0.29, 0.717) is 35.3 Å². The number of carbonyl (C=O) groups excluding carboxylic acids is 2. The predicted octanol–water partition coefficient (Wildman–Crippen LogP) is 5.66. The van der Waals surface area contributed by atoms with Crippen LogP contribution in [0.3, 0.4) is 0 Å². The van der Waals surface area contributed by atoms with Gasteiger partial charge >= 0.3 is 0 Å². The number of Topliss-reactive ketones (excluding diaryl/α,β-unsaturated/α-hetero) is 1. The lowest BCUT2D eigenvalue weighted by molar-refractivity contribution is -0.132. The third-order valence-corrected chi connectivity index (χ3v) is 5.86. The summed E-state index contributed by atoms with van der Waals surface area (Å²) >= 11 is 0. The third-order valence-electron chi connectivity index (χ3n) is 5.86. The highest BCUT2D eigenvalue weighted by Crippen LogP contribution is 2.43. The van der Waals surface area contributed by atoms with E-state index in [2.05, 4.69) is 13.8 Å². The van der Waals surface area contributed by atoms with Crippen LogP contribution in [0.25, 0.3) is 5.76 Å². The number of hydrogen-bond donors (Lipinski definition) is 1. The van der Waals surface area contributed by atoms with E-state index in [-0.39, 0.29) is 11.3 Å². The molecular weight excluding hydrogens is 442 g/mol. The second-order valence-electron chi connectivity index (χ2n) is 8.98. The van der Waals surface area contributed by atoms with Crippen molar-refractivity contribution in [2.24, 2.45) is 5.92 Å². The summed E-state index contributed by atoms with van der Waals surface area (Å²) in [5, 5.41) is 11.3. The van der Waals surface area contributed by atoms with Crippen molar-refractivity contribution in [1.29, 1.82) is 0 Å². The van der Waals surface area contributed by atoms with Gasteiger partial charge in [-0.1, -0.05) is 55.8 Å². The second kappa shape index (κ2) is 10.1. The number of nitrogens with zero attached hydrogens (tertiary/aromatic N) is 1. The van der Waals surface area contributed by atoms with Gasteiger partial charge in [0.2, 0.25) is 0 Å². The number of para-hydroxylation sites is 1. The van der Waals surface area contributed by atoms with Gasteiger partial charge in [-0.2, -0.15) is 0 Å². The van der Waals surface area contributed by atoms with E-state index >= 15 is 0 Å². The number of methoxy groups -OCH3 is 1. The minimum absolute atomic E-state index is 0.0187. The first-order chi connectivity index (χ1) is 16.8. The van der Waals surface area contributed by atoms with Crippen LogP contribution in [0.2, 0.25) is 0 Å². The monoisotopic (exact) mass is 471 g/mol. The fourth-order valence-electron chi connectivity index (χ4n) is 4.21. The number of anilines is 1. The molecule has 4 rings (SSSR count). The van der Waals surface area contributed by atoms with Crippen LogP contribution in [-0.2, 0) is 9.59 Å². The van der Waals surface area contributed by atoms with E-state index in [1.807, 2.05) is 31.2 Å². The van der Waals surface area contributed by atoms with Crippen molar-refractivity contribution in [3.63, 3.8) is 0 Å². The highest BCUT2D eigenvalue weighted by Gasteiger charge is 2.47. The molecule has 0 spiro atoms. The number of carbonyl (C=O) groups is 2. The number of rotatable bonds is 7. The van der Waals surface area contributed by atoms with Gasteiger partial charge in [0.15, 0.2) is 0 Å². The Morgan fingerprint density at radius 1 is 1.00 bits per heavy atom. The Kier molecular flexibility index (Phi) is 6.92. The highest BCUT2D eigenvalue weighted by atomic mass is 16.5. The van der Waals surface area contributed by atoms with Crippen molar-refractivity contribution in [3.05, 3.63) is 95.1 Å². The van der Waals surface area contributed by atoms with Crippen molar-refractivity contribution in [1.82, 2.24) is 0 Å². The summed E-state index contributed by atoms with van der Waals surface area (Å²) in [5.74, 6) is -0.259. The molecule has 1 amide bonds. The molecule has 1 saturated heterocycles. The SMILES string of the molecule is COc1ccccc1/C(O)=C1/C(=O)C(=O)N(c2ccc(OCC(C)C)cc2)C1c1cccc(C)c1. The molecule has 1 heterocycles. The van der Waals surface area contributed by atoms with Crippen molar-refractivity contribution >= 4 is 23.1 Å². The average Bonchev–Trinajstić information content (AvgIpc) is 3.13. The lowest BCUT2D eigenvalue weighted by atomic mass is 9.94. The number of ketones is 1. The highest BCUT2D eigenvalue weighted by molar-refractivity contribution is 6.51. The Morgan fingerprint density at radius 2 is 1.71 bits per heavy atom. The Bertz CT molecular complexity index is 1280.